The number of carbonyl (C=O) groups excluding carboxylic acids is 2. The Morgan fingerprint density at radius 1 is 1.62 bits per heavy atom. The van der Waals surface area contributed by atoms with Gasteiger partial charge in [-0.15, -0.1) is 0 Å². The normalized spacial score (nSPS) is 20.4. The van der Waals surface area contributed by atoms with Crippen molar-refractivity contribution in [2.24, 2.45) is 5.92 Å². The number of hydrogen-bond donors (Lipinski definition) is 0. The van der Waals surface area contributed by atoms with Crippen LogP contribution in [0.15, 0.2) is 24.3 Å². The maximum atomic E-state index is 11.1. The van der Waals surface area contributed by atoms with Gasteiger partial charge in [0.25, 0.3) is 0 Å². The highest BCUT2D eigenvalue weighted by Gasteiger charge is 2.28. The Labute approximate surface area is 77.1 Å². The number of methoxy groups -OCH3 is 1. The van der Waals surface area contributed by atoms with Gasteiger partial charge in [0, 0.05) is 12.5 Å². The number of ketones is 1. The Hall–Kier alpha value is -1.38. The van der Waals surface area contributed by atoms with E-state index in [4.69, 9.17) is 0 Å². The summed E-state index contributed by atoms with van der Waals surface area (Å²) in [6.45, 7) is 3.74. The molecular weight excluding hydrogens is 168 g/mol. The second-order valence-corrected chi connectivity index (χ2v) is 3.09. The SMILES string of the molecule is C=C1CC1CC(=O)/C=C\C(=O)OC. The van der Waals surface area contributed by atoms with Gasteiger partial charge in [-0.2, -0.15) is 0 Å². The summed E-state index contributed by atoms with van der Waals surface area (Å²) in [4.78, 5) is 21.7. The number of rotatable bonds is 4. The van der Waals surface area contributed by atoms with E-state index in [1.165, 1.54) is 13.2 Å². The predicted molar refractivity (Wildman–Crippen MR) is 48.0 cm³/mol. The van der Waals surface area contributed by atoms with Gasteiger partial charge in [0.15, 0.2) is 5.78 Å². The minimum Gasteiger partial charge on any atom is -0.466 e. The monoisotopic (exact) mass is 180 g/mol. The third kappa shape index (κ3) is 3.23. The standard InChI is InChI=1S/C10H12O3/c1-7-5-8(7)6-9(11)3-4-10(12)13-2/h3-4,8H,1,5-6H2,2H3/b4-3-. The van der Waals surface area contributed by atoms with Crippen LogP contribution < -0.4 is 0 Å². The van der Waals surface area contributed by atoms with E-state index in [0.29, 0.717) is 12.3 Å². The fraction of sp³-hybridized carbons (Fsp3) is 0.400. The molecule has 3 heteroatoms. The Balaban J connectivity index is 2.28. The Bertz CT molecular complexity index is 276. The molecule has 0 spiro atoms. The van der Waals surface area contributed by atoms with Gasteiger partial charge in [0.1, 0.15) is 0 Å². The summed E-state index contributed by atoms with van der Waals surface area (Å²) >= 11 is 0. The first-order chi connectivity index (χ1) is 6.13. The minimum atomic E-state index is -0.497. The molecule has 1 aliphatic carbocycles. The van der Waals surface area contributed by atoms with E-state index < -0.39 is 5.97 Å². The molecule has 0 heterocycles. The lowest BCUT2D eigenvalue weighted by Crippen LogP contribution is -1.98. The molecule has 0 amide bonds. The van der Waals surface area contributed by atoms with Gasteiger partial charge >= 0.3 is 5.97 Å². The van der Waals surface area contributed by atoms with E-state index in [0.717, 1.165) is 18.1 Å². The van der Waals surface area contributed by atoms with Crippen molar-refractivity contribution in [1.29, 1.82) is 0 Å². The van der Waals surface area contributed by atoms with Crippen LogP contribution in [0.2, 0.25) is 0 Å². The highest BCUT2D eigenvalue weighted by molar-refractivity contribution is 5.96. The van der Waals surface area contributed by atoms with Crippen molar-refractivity contribution in [3.8, 4) is 0 Å². The molecule has 1 rings (SSSR count). The molecule has 1 unspecified atom stereocenters. The molecule has 1 saturated carbocycles. The third-order valence-electron chi connectivity index (χ3n) is 1.98. The molecule has 0 aromatic rings. The zero-order valence-corrected chi connectivity index (χ0v) is 7.58. The lowest BCUT2D eigenvalue weighted by molar-refractivity contribution is -0.135. The summed E-state index contributed by atoms with van der Waals surface area (Å²) in [6, 6.07) is 0. The molecule has 0 radical (unpaired) electrons. The fourth-order valence-corrected chi connectivity index (χ4v) is 1.01. The van der Waals surface area contributed by atoms with E-state index >= 15 is 0 Å². The first-order valence-corrected chi connectivity index (χ1v) is 4.10. The number of carbonyl (C=O) groups is 2. The molecule has 1 atom stereocenters. The van der Waals surface area contributed by atoms with Gasteiger partial charge in [-0.25, -0.2) is 4.79 Å². The van der Waals surface area contributed by atoms with Crippen LogP contribution in [0, 0.1) is 5.92 Å². The van der Waals surface area contributed by atoms with Gasteiger partial charge in [0.2, 0.25) is 0 Å². The van der Waals surface area contributed by atoms with Crippen LogP contribution in [0.3, 0.4) is 0 Å². The molecule has 0 bridgehead atoms. The molecule has 0 aromatic heterocycles. The predicted octanol–water partition coefficient (Wildman–Crippen LogP) is 1.25. The molecule has 1 fully saturated rings. The number of esters is 1. The first kappa shape index (κ1) is 9.71. The van der Waals surface area contributed by atoms with Crippen LogP contribution in [0.5, 0.6) is 0 Å². The molecule has 70 valence electrons. The smallest absolute Gasteiger partial charge is 0.330 e. The summed E-state index contributed by atoms with van der Waals surface area (Å²) in [5.41, 5.74) is 1.12. The number of allylic oxidation sites excluding steroid dienone is 2. The van der Waals surface area contributed by atoms with Gasteiger partial charge < -0.3 is 4.74 Å². The molecular formula is C10H12O3. The zero-order valence-electron chi connectivity index (χ0n) is 7.58. The van der Waals surface area contributed by atoms with Gasteiger partial charge in [-0.3, -0.25) is 4.79 Å². The van der Waals surface area contributed by atoms with Crippen LogP contribution >= 0.6 is 0 Å². The molecule has 0 N–H and O–H groups in total. The lowest BCUT2D eigenvalue weighted by Gasteiger charge is -1.90. The zero-order chi connectivity index (χ0) is 9.84. The van der Waals surface area contributed by atoms with E-state index in [1.807, 2.05) is 0 Å². The summed E-state index contributed by atoms with van der Waals surface area (Å²) in [6.07, 6.45) is 3.81. The van der Waals surface area contributed by atoms with Crippen LogP contribution in [0.25, 0.3) is 0 Å². The average molecular weight is 180 g/mol. The van der Waals surface area contributed by atoms with Crippen molar-refractivity contribution >= 4 is 11.8 Å². The Morgan fingerprint density at radius 2 is 2.23 bits per heavy atom. The minimum absolute atomic E-state index is 0.0472. The molecule has 0 aromatic carbocycles. The molecule has 0 aliphatic heterocycles. The summed E-state index contributed by atoms with van der Waals surface area (Å²) in [5, 5.41) is 0. The summed E-state index contributed by atoms with van der Waals surface area (Å²) in [5.74, 6) is -0.202. The van der Waals surface area contributed by atoms with Crippen molar-refractivity contribution < 1.29 is 14.3 Å². The summed E-state index contributed by atoms with van der Waals surface area (Å²) < 4.78 is 4.35. The van der Waals surface area contributed by atoms with Crippen molar-refractivity contribution in [2.45, 2.75) is 12.8 Å². The summed E-state index contributed by atoms with van der Waals surface area (Å²) in [7, 11) is 1.28. The maximum absolute atomic E-state index is 11.1. The van der Waals surface area contributed by atoms with Crippen molar-refractivity contribution in [2.75, 3.05) is 7.11 Å². The van der Waals surface area contributed by atoms with E-state index in [9.17, 15) is 9.59 Å². The maximum Gasteiger partial charge on any atom is 0.330 e. The van der Waals surface area contributed by atoms with Gasteiger partial charge in [-0.1, -0.05) is 12.2 Å². The first-order valence-electron chi connectivity index (χ1n) is 4.10. The van der Waals surface area contributed by atoms with Crippen LogP contribution in [-0.2, 0) is 14.3 Å². The van der Waals surface area contributed by atoms with Crippen LogP contribution in [0.4, 0.5) is 0 Å². The fourth-order valence-electron chi connectivity index (χ4n) is 1.01. The van der Waals surface area contributed by atoms with Gasteiger partial charge in [0.05, 0.1) is 7.11 Å². The van der Waals surface area contributed by atoms with Crippen molar-refractivity contribution in [1.82, 2.24) is 0 Å². The molecule has 3 nitrogen and oxygen atoms in total. The Morgan fingerprint density at radius 3 is 2.69 bits per heavy atom. The number of hydrogen-bond acceptors (Lipinski definition) is 3. The van der Waals surface area contributed by atoms with Crippen LogP contribution in [-0.4, -0.2) is 18.9 Å². The largest absolute Gasteiger partial charge is 0.466 e. The van der Waals surface area contributed by atoms with E-state index in [1.54, 1.807) is 0 Å². The molecule has 1 aliphatic rings. The Kier molecular flexibility index (Phi) is 3.01. The second-order valence-electron chi connectivity index (χ2n) is 3.09. The quantitative estimate of drug-likeness (QED) is 0.371. The highest BCUT2D eigenvalue weighted by atomic mass is 16.5. The molecule has 0 saturated heterocycles. The topological polar surface area (TPSA) is 43.4 Å². The third-order valence-corrected chi connectivity index (χ3v) is 1.98. The number of ether oxygens (including phenoxy) is 1. The average Bonchev–Trinajstić information content (AvgIpc) is 2.77. The highest BCUT2D eigenvalue weighted by Crippen LogP contribution is 2.38. The van der Waals surface area contributed by atoms with Crippen molar-refractivity contribution in [3.63, 3.8) is 0 Å². The van der Waals surface area contributed by atoms with E-state index in [-0.39, 0.29) is 5.78 Å². The van der Waals surface area contributed by atoms with E-state index in [2.05, 4.69) is 11.3 Å². The van der Waals surface area contributed by atoms with Gasteiger partial charge in [-0.05, 0) is 18.4 Å². The van der Waals surface area contributed by atoms with Crippen molar-refractivity contribution in [3.05, 3.63) is 24.3 Å². The lowest BCUT2D eigenvalue weighted by atomic mass is 10.2. The molecule has 13 heavy (non-hydrogen) atoms. The van der Waals surface area contributed by atoms with Crippen LogP contribution in [0.1, 0.15) is 12.8 Å². The second kappa shape index (κ2) is 4.03.